The number of para-hydroxylation sites is 1. The minimum atomic E-state index is -3.97. The Morgan fingerprint density at radius 2 is 1.52 bits per heavy atom. The van der Waals surface area contributed by atoms with Crippen LogP contribution in [0.5, 0.6) is 0 Å². The number of carbonyl (C=O) groups is 1. The zero-order valence-electron chi connectivity index (χ0n) is 32.9. The van der Waals surface area contributed by atoms with Crippen LogP contribution in [0.1, 0.15) is 52.2 Å². The fourth-order valence-corrected chi connectivity index (χ4v) is 10.5. The van der Waals surface area contributed by atoms with Gasteiger partial charge in [-0.25, -0.2) is 13.4 Å². The van der Waals surface area contributed by atoms with Crippen molar-refractivity contribution in [2.75, 3.05) is 5.75 Å². The van der Waals surface area contributed by atoms with Gasteiger partial charge in [0.1, 0.15) is 6.04 Å². The Labute approximate surface area is 358 Å². The van der Waals surface area contributed by atoms with Gasteiger partial charge in [-0.2, -0.15) is 4.72 Å². The number of sulfonamides is 1. The lowest BCUT2D eigenvalue weighted by Crippen LogP contribution is -2.47. The number of aromatic nitrogens is 1. The van der Waals surface area contributed by atoms with Gasteiger partial charge in [-0.15, -0.1) is 11.3 Å². The molecule has 8 rings (SSSR count). The van der Waals surface area contributed by atoms with Gasteiger partial charge in [0.25, 0.3) is 0 Å². The summed E-state index contributed by atoms with van der Waals surface area (Å²) in [6.07, 6.45) is -0.118. The monoisotopic (exact) mass is 855 g/mol. The molecule has 0 radical (unpaired) electrons. The molecule has 1 saturated heterocycles. The van der Waals surface area contributed by atoms with E-state index in [1.165, 1.54) is 0 Å². The van der Waals surface area contributed by atoms with Gasteiger partial charge in [0.2, 0.25) is 15.9 Å². The molecule has 1 aliphatic heterocycles. The highest BCUT2D eigenvalue weighted by Gasteiger charge is 2.33. The molecule has 3 N–H and O–H groups in total. The predicted molar refractivity (Wildman–Crippen MR) is 238 cm³/mol. The Bertz CT molecular complexity index is 2620. The van der Waals surface area contributed by atoms with Crippen LogP contribution in [0.15, 0.2) is 161 Å². The molecule has 9 nitrogen and oxygen atoms in total. The minimum Gasteiger partial charge on any atom is -0.392 e. The van der Waals surface area contributed by atoms with Gasteiger partial charge in [-0.05, 0) is 83.1 Å². The van der Waals surface area contributed by atoms with Crippen LogP contribution in [0, 0.1) is 6.92 Å². The van der Waals surface area contributed by atoms with Crippen molar-refractivity contribution in [2.24, 2.45) is 0 Å². The van der Waals surface area contributed by atoms with E-state index < -0.39 is 28.3 Å². The van der Waals surface area contributed by atoms with Gasteiger partial charge >= 0.3 is 0 Å². The average molecular weight is 856 g/mol. The first-order valence-electron chi connectivity index (χ1n) is 19.8. The maximum atomic E-state index is 13.7. The van der Waals surface area contributed by atoms with Gasteiger partial charge < -0.3 is 19.9 Å². The summed E-state index contributed by atoms with van der Waals surface area (Å²) in [6.45, 7) is 2.06. The summed E-state index contributed by atoms with van der Waals surface area (Å²) in [6, 6.07) is 47.0. The lowest BCUT2D eigenvalue weighted by Gasteiger charge is -2.36. The molecule has 6 aromatic carbocycles. The molecular formula is C48H45N3O6S3. The van der Waals surface area contributed by atoms with Gasteiger partial charge in [-0.3, -0.25) is 4.79 Å². The number of hydrogen-bond donors (Lipinski definition) is 3. The Morgan fingerprint density at radius 3 is 2.28 bits per heavy atom. The van der Waals surface area contributed by atoms with Crippen LogP contribution in [0.2, 0.25) is 0 Å². The second-order valence-electron chi connectivity index (χ2n) is 14.8. The zero-order chi connectivity index (χ0) is 41.5. The normalized spacial score (nSPS) is 17.3. The highest BCUT2D eigenvalue weighted by Crippen LogP contribution is 2.41. The van der Waals surface area contributed by atoms with Gasteiger partial charge in [0, 0.05) is 24.3 Å². The largest absolute Gasteiger partial charge is 0.392 e. The molecule has 4 atom stereocenters. The van der Waals surface area contributed by atoms with Crippen LogP contribution in [-0.4, -0.2) is 42.3 Å². The number of aliphatic hydroxyl groups is 1. The van der Waals surface area contributed by atoms with E-state index in [1.54, 1.807) is 47.4 Å². The Kier molecular flexibility index (Phi) is 13.2. The van der Waals surface area contributed by atoms with Gasteiger partial charge in [0.05, 0.1) is 33.9 Å². The van der Waals surface area contributed by atoms with Crippen LogP contribution in [0.25, 0.3) is 21.3 Å². The van der Waals surface area contributed by atoms with Crippen LogP contribution < -0.4 is 10.0 Å². The van der Waals surface area contributed by atoms with E-state index in [0.29, 0.717) is 12.2 Å². The quantitative estimate of drug-likeness (QED) is 0.0872. The second-order valence-corrected chi connectivity index (χ2v) is 18.8. The van der Waals surface area contributed by atoms with Crippen molar-refractivity contribution in [3.8, 4) is 11.1 Å². The van der Waals surface area contributed by atoms with E-state index in [1.807, 2.05) is 122 Å². The number of benzene rings is 6. The molecule has 0 aliphatic carbocycles. The van der Waals surface area contributed by atoms with E-state index in [0.717, 1.165) is 59.1 Å². The molecule has 1 amide bonds. The molecule has 2 heterocycles. The summed E-state index contributed by atoms with van der Waals surface area (Å²) in [4.78, 5) is 18.7. The molecule has 0 bridgehead atoms. The SMILES string of the molecule is Cc1ccc(S(=O)(=O)NC(Cc2ccccc2)C(=O)NCc2cccc(-c3cccc(C4OC(CSc5nc6ccccc6s5)CC(c5ccc(CO)cc5)O4)c3)c2)cc1. The average Bonchev–Trinajstić information content (AvgIpc) is 3.71. The van der Waals surface area contributed by atoms with Crippen molar-refractivity contribution in [2.45, 2.75) is 66.7 Å². The Balaban J connectivity index is 0.978. The number of fused-ring (bicyclic) bond motifs is 1. The zero-order valence-corrected chi connectivity index (χ0v) is 35.4. The second kappa shape index (κ2) is 19.0. The number of nitrogens with zero attached hydrogens (tertiary/aromatic N) is 1. The third-order valence-corrected chi connectivity index (χ3v) is 14.2. The fourth-order valence-electron chi connectivity index (χ4n) is 7.15. The van der Waals surface area contributed by atoms with E-state index >= 15 is 0 Å². The maximum absolute atomic E-state index is 13.7. The number of rotatable bonds is 15. The number of ether oxygens (including phenoxy) is 2. The van der Waals surface area contributed by atoms with Crippen molar-refractivity contribution >= 4 is 49.2 Å². The molecular weight excluding hydrogens is 811 g/mol. The molecule has 306 valence electrons. The maximum Gasteiger partial charge on any atom is 0.241 e. The minimum absolute atomic E-state index is 0.0236. The first kappa shape index (κ1) is 41.5. The molecule has 4 unspecified atom stereocenters. The summed E-state index contributed by atoms with van der Waals surface area (Å²) in [5.41, 5.74) is 8.26. The Morgan fingerprint density at radius 1 is 0.800 bits per heavy atom. The third-order valence-electron chi connectivity index (χ3n) is 10.4. The molecule has 60 heavy (non-hydrogen) atoms. The summed E-state index contributed by atoms with van der Waals surface area (Å²) in [7, 11) is -3.97. The van der Waals surface area contributed by atoms with Gasteiger partial charge in [-0.1, -0.05) is 133 Å². The standard InChI is InChI=1S/C48H45N3O6S3/c1-32-17-23-41(24-18-32)60(54,55)51-43(26-33-9-3-2-4-10-33)46(53)49-29-35-11-7-12-37(25-35)38-13-8-14-39(27-38)47-56-40(28-44(57-47)36-21-19-34(30-52)20-22-36)31-58-48-50-42-15-5-6-16-45(42)59-48/h2-25,27,40,43-44,47,51-52H,26,28-31H2,1H3,(H,49,53). The molecule has 7 aromatic rings. The smallest absolute Gasteiger partial charge is 0.241 e. The van der Waals surface area contributed by atoms with Crippen LogP contribution in [0.4, 0.5) is 0 Å². The molecule has 0 saturated carbocycles. The number of hydrogen-bond acceptors (Lipinski definition) is 9. The summed E-state index contributed by atoms with van der Waals surface area (Å²) in [5, 5.41) is 12.6. The summed E-state index contributed by atoms with van der Waals surface area (Å²) in [5.74, 6) is 0.280. The van der Waals surface area contributed by atoms with E-state index in [2.05, 4.69) is 22.2 Å². The highest BCUT2D eigenvalue weighted by molar-refractivity contribution is 8.01. The van der Waals surface area contributed by atoms with Crippen molar-refractivity contribution in [1.29, 1.82) is 0 Å². The number of amides is 1. The first-order valence-corrected chi connectivity index (χ1v) is 23.1. The number of thiazole rings is 1. The van der Waals surface area contributed by atoms with Crippen molar-refractivity contribution in [1.82, 2.24) is 15.0 Å². The summed E-state index contributed by atoms with van der Waals surface area (Å²) < 4.78 is 45.0. The summed E-state index contributed by atoms with van der Waals surface area (Å²) >= 11 is 3.38. The van der Waals surface area contributed by atoms with E-state index in [-0.39, 0.29) is 36.7 Å². The molecule has 1 fully saturated rings. The molecule has 0 spiro atoms. The predicted octanol–water partition coefficient (Wildman–Crippen LogP) is 9.31. The van der Waals surface area contributed by atoms with Gasteiger partial charge in [0.15, 0.2) is 10.6 Å². The van der Waals surface area contributed by atoms with E-state index in [4.69, 9.17) is 14.5 Å². The molecule has 1 aromatic heterocycles. The third kappa shape index (κ3) is 10.4. The van der Waals surface area contributed by atoms with Crippen molar-refractivity contribution < 1.29 is 27.8 Å². The number of carbonyl (C=O) groups excluding carboxylic acids is 1. The van der Waals surface area contributed by atoms with Crippen LogP contribution >= 0.6 is 23.1 Å². The van der Waals surface area contributed by atoms with Crippen LogP contribution in [-0.2, 0) is 43.9 Å². The van der Waals surface area contributed by atoms with Crippen LogP contribution in [0.3, 0.4) is 0 Å². The topological polar surface area (TPSA) is 127 Å². The van der Waals surface area contributed by atoms with Crippen molar-refractivity contribution in [3.05, 3.63) is 185 Å². The van der Waals surface area contributed by atoms with Crippen molar-refractivity contribution in [3.63, 3.8) is 0 Å². The Hall–Kier alpha value is -5.18. The molecule has 1 aliphatic rings. The lowest BCUT2D eigenvalue weighted by molar-refractivity contribution is -0.245. The first-order chi connectivity index (χ1) is 29.2. The number of aliphatic hydroxyl groups excluding tert-OH is 1. The lowest BCUT2D eigenvalue weighted by atomic mass is 9.99. The number of aryl methyl sites for hydroxylation is 1. The fraction of sp³-hybridized carbons (Fsp3) is 0.208. The van der Waals surface area contributed by atoms with E-state index in [9.17, 15) is 18.3 Å². The number of thioether (sulfide) groups is 1. The highest BCUT2D eigenvalue weighted by atomic mass is 32.2. The number of nitrogens with one attached hydrogen (secondary N) is 2. The molecule has 12 heteroatoms.